The number of rotatable bonds is 14. The van der Waals surface area contributed by atoms with Crippen LogP contribution in [0.4, 0.5) is 70.2 Å². The number of halogens is 16. The van der Waals surface area contributed by atoms with Gasteiger partial charge in [0.05, 0.1) is 22.8 Å². The molecule has 0 aliphatic heterocycles. The van der Waals surface area contributed by atoms with E-state index >= 15 is 0 Å². The molecule has 0 amide bonds. The van der Waals surface area contributed by atoms with Crippen LogP contribution in [0.3, 0.4) is 0 Å². The van der Waals surface area contributed by atoms with Gasteiger partial charge in [0.2, 0.25) is 5.82 Å². The number of hydrogen-bond donors (Lipinski definition) is 0. The van der Waals surface area contributed by atoms with Gasteiger partial charge in [0.15, 0.2) is 40.0 Å². The third-order valence-corrected chi connectivity index (χ3v) is 13.7. The molecule has 0 bridgehead atoms. The Hall–Kier alpha value is -12.4. The van der Waals surface area contributed by atoms with E-state index in [9.17, 15) is 70.2 Å². The molecule has 0 atom stereocenters. The lowest BCUT2D eigenvalue weighted by Crippen LogP contribution is -2.19. The Morgan fingerprint density at radius 1 is 0.382 bits per heavy atom. The van der Waals surface area contributed by atoms with Crippen molar-refractivity contribution in [3.8, 4) is 79.5 Å². The van der Waals surface area contributed by atoms with Gasteiger partial charge in [-0.1, -0.05) is 36.4 Å². The fraction of sp³-hybridized carbons (Fsp3) is 0.152. The van der Waals surface area contributed by atoms with Gasteiger partial charge in [0.1, 0.15) is 35.2 Å². The first-order chi connectivity index (χ1) is 48.3. The van der Waals surface area contributed by atoms with E-state index in [1.54, 1.807) is 67.6 Å². The lowest BCUT2D eigenvalue weighted by Gasteiger charge is -2.14. The largest absolute Gasteiger partial charge is 0.457 e. The lowest BCUT2D eigenvalue weighted by molar-refractivity contribution is -0.160. The van der Waals surface area contributed by atoms with Crippen LogP contribution in [-0.4, -0.2) is 97.6 Å². The summed E-state index contributed by atoms with van der Waals surface area (Å²) >= 11 is 0. The molecule has 36 heteroatoms. The quantitative estimate of drug-likeness (QED) is 0.0927. The van der Waals surface area contributed by atoms with Gasteiger partial charge in [0.25, 0.3) is 18.1 Å². The first-order valence-electron chi connectivity index (χ1n) is 29.4. The molecular formula is C66H44F16N16O4. The molecule has 8 heterocycles. The monoisotopic (exact) mass is 1430 g/mol. The second-order valence-electron chi connectivity index (χ2n) is 21.6. The van der Waals surface area contributed by atoms with Crippen LogP contribution in [0.2, 0.25) is 0 Å². The molecule has 0 fully saturated rings. The molecule has 0 saturated heterocycles. The molecule has 8 aromatic heterocycles. The Morgan fingerprint density at radius 2 is 0.784 bits per heavy atom. The Bertz CT molecular complexity index is 5220. The summed E-state index contributed by atoms with van der Waals surface area (Å²) in [4.78, 5) is 0. The molecule has 102 heavy (non-hydrogen) atoms. The summed E-state index contributed by atoms with van der Waals surface area (Å²) < 4.78 is 230. The van der Waals surface area contributed by atoms with E-state index in [0.29, 0.717) is 62.6 Å². The maximum absolute atomic E-state index is 13.9. The Balaban J connectivity index is 0.000000137. The number of benzene rings is 6. The Morgan fingerprint density at radius 3 is 1.25 bits per heavy atom. The Kier molecular flexibility index (Phi) is 20.0. The summed E-state index contributed by atoms with van der Waals surface area (Å²) in [7, 11) is 0. The molecule has 14 rings (SSSR count). The molecule has 524 valence electrons. The van der Waals surface area contributed by atoms with Crippen molar-refractivity contribution in [2.24, 2.45) is 0 Å². The highest BCUT2D eigenvalue weighted by Gasteiger charge is 2.39. The molecular weight excluding hydrogens is 1380 g/mol. The van der Waals surface area contributed by atoms with Gasteiger partial charge >= 0.3 is 30.7 Å². The molecule has 20 nitrogen and oxygen atoms in total. The van der Waals surface area contributed by atoms with E-state index < -0.39 is 72.6 Å². The maximum Gasteiger partial charge on any atom is 0.453 e. The van der Waals surface area contributed by atoms with Crippen LogP contribution in [0, 0.1) is 12.7 Å². The van der Waals surface area contributed by atoms with E-state index in [0.717, 1.165) is 38.0 Å². The van der Waals surface area contributed by atoms with Crippen molar-refractivity contribution < 1.29 is 89.2 Å². The minimum absolute atomic E-state index is 0.0356. The number of aromatic nitrogens is 16. The zero-order chi connectivity index (χ0) is 72.9. The summed E-state index contributed by atoms with van der Waals surface area (Å²) in [6.45, 7) is 2.66. The average molecular weight is 1430 g/mol. The second kappa shape index (κ2) is 28.8. The molecule has 0 radical (unpaired) electrons. The zero-order valence-corrected chi connectivity index (χ0v) is 52.1. The minimum Gasteiger partial charge on any atom is -0.457 e. The third-order valence-electron chi connectivity index (χ3n) is 13.7. The van der Waals surface area contributed by atoms with Gasteiger partial charge in [-0.3, -0.25) is 0 Å². The van der Waals surface area contributed by atoms with Crippen LogP contribution in [0.15, 0.2) is 194 Å². The van der Waals surface area contributed by atoms with Gasteiger partial charge in [-0.15, -0.1) is 40.8 Å². The van der Waals surface area contributed by atoms with Crippen molar-refractivity contribution >= 4 is 22.6 Å². The number of nitrogens with zero attached hydrogens (tertiary/aromatic N) is 16. The van der Waals surface area contributed by atoms with Crippen molar-refractivity contribution in [1.29, 1.82) is 0 Å². The topological polar surface area (TPSA) is 209 Å². The molecule has 0 spiro atoms. The highest BCUT2D eigenvalue weighted by molar-refractivity contribution is 5.66. The van der Waals surface area contributed by atoms with Crippen LogP contribution in [0.5, 0.6) is 34.5 Å². The van der Waals surface area contributed by atoms with Crippen LogP contribution >= 0.6 is 0 Å². The Labute approximate surface area is 562 Å². The zero-order valence-electron chi connectivity index (χ0n) is 52.1. The molecule has 0 N–H and O–H groups in total. The highest BCUT2D eigenvalue weighted by Crippen LogP contribution is 2.35. The molecule has 14 aromatic rings. The van der Waals surface area contributed by atoms with Crippen molar-refractivity contribution in [2.75, 3.05) is 0 Å². The fourth-order valence-electron chi connectivity index (χ4n) is 9.37. The standard InChI is InChI=1S/C19H13F3N4O.C18H12F2N4O.C15H11F5N4O.C14H8F6N4O/c20-19(21,22)12-18-24-23-17-11-10-16(25-26(17)18)13-6-8-15(9-7-13)27-14-4-2-1-3-5-14;19-17(20)18-22-21-16-11-10-15(23-24(16)18)12-6-8-14(9-7-12)25-13-4-2-1-3-5-13;1-8-7-9(25-14(2,16)17)3-4-10(8)11-5-6-12-21-22-13(15(18,19)20)24(12)23-11;1-13(16,17)25-10-4-2-7(6-8(10)15)9-3-5-11-21-22-12(14(18,19)20)24(11)23-9/h1-11H,12H2;1-11,17H;3-7H,1-2H3;2-6H,1H3. The van der Waals surface area contributed by atoms with Crippen molar-refractivity contribution in [3.05, 3.63) is 229 Å². The number of para-hydroxylation sites is 2. The smallest absolute Gasteiger partial charge is 0.453 e. The molecule has 0 unspecified atom stereocenters. The number of fused-ring (bicyclic) bond motifs is 4. The van der Waals surface area contributed by atoms with Crippen molar-refractivity contribution in [3.63, 3.8) is 0 Å². The van der Waals surface area contributed by atoms with Gasteiger partial charge in [-0.25, -0.2) is 13.2 Å². The predicted octanol–water partition coefficient (Wildman–Crippen LogP) is 17.3. The van der Waals surface area contributed by atoms with Crippen LogP contribution in [-0.2, 0) is 18.8 Å². The summed E-state index contributed by atoms with van der Waals surface area (Å²) in [5.41, 5.74) is 4.12. The lowest BCUT2D eigenvalue weighted by atomic mass is 10.1. The molecule has 6 aromatic carbocycles. The predicted molar refractivity (Wildman–Crippen MR) is 330 cm³/mol. The molecule has 0 saturated carbocycles. The van der Waals surface area contributed by atoms with Crippen molar-refractivity contribution in [2.45, 2.75) is 64.4 Å². The highest BCUT2D eigenvalue weighted by atomic mass is 19.4. The first kappa shape index (κ1) is 70.9. The average Bonchev–Trinajstić information content (AvgIpc) is 1.61. The van der Waals surface area contributed by atoms with Gasteiger partial charge in [-0.2, -0.15) is 95.5 Å². The van der Waals surface area contributed by atoms with Gasteiger partial charge < -0.3 is 18.9 Å². The summed E-state index contributed by atoms with van der Waals surface area (Å²) in [6.07, 6.45) is -24.7. The minimum atomic E-state index is -4.78. The third kappa shape index (κ3) is 17.7. The second-order valence-corrected chi connectivity index (χ2v) is 21.6. The van der Waals surface area contributed by atoms with Gasteiger partial charge in [-0.05, 0) is 170 Å². The van der Waals surface area contributed by atoms with E-state index in [1.807, 2.05) is 72.8 Å². The number of aryl methyl sites for hydroxylation is 1. The summed E-state index contributed by atoms with van der Waals surface area (Å²) in [5.74, 6) is -2.39. The maximum atomic E-state index is 13.9. The number of hydrogen-bond acceptors (Lipinski definition) is 16. The normalized spacial score (nSPS) is 12.0. The van der Waals surface area contributed by atoms with Gasteiger partial charge in [0, 0.05) is 36.1 Å². The van der Waals surface area contributed by atoms with Crippen LogP contribution in [0.25, 0.3) is 67.6 Å². The van der Waals surface area contributed by atoms with E-state index in [-0.39, 0.29) is 51.1 Å². The molecule has 0 aliphatic carbocycles. The van der Waals surface area contributed by atoms with E-state index in [1.165, 1.54) is 48.5 Å². The SMILES string of the molecule is CC(F)(F)Oc1ccc(-c2ccc3nnc(C(F)(F)F)n3n2)cc1F.Cc1cc(OC(C)(F)F)ccc1-c1ccc2nnc(C(F)(F)F)n2n1.FC(F)(F)Cc1nnc2ccc(-c3ccc(Oc4ccccc4)cc3)nn12.FC(F)c1nnc2ccc(-c3ccc(Oc4ccccc4)cc3)nn12. The van der Waals surface area contributed by atoms with Crippen molar-refractivity contribution in [1.82, 2.24) is 79.2 Å². The number of ether oxygens (including phenoxy) is 4. The summed E-state index contributed by atoms with van der Waals surface area (Å²) in [5, 5.41) is 43.5. The van der Waals surface area contributed by atoms with Crippen LogP contribution < -0.4 is 18.9 Å². The summed E-state index contributed by atoms with van der Waals surface area (Å²) in [6, 6.07) is 52.1. The number of alkyl halides is 15. The van der Waals surface area contributed by atoms with E-state index in [4.69, 9.17) is 9.47 Å². The van der Waals surface area contributed by atoms with Crippen LogP contribution in [0.1, 0.15) is 49.1 Å². The van der Waals surface area contributed by atoms with E-state index in [2.05, 4.69) is 70.7 Å². The fourth-order valence-corrected chi connectivity index (χ4v) is 9.37. The molecule has 0 aliphatic rings. The first-order valence-corrected chi connectivity index (χ1v) is 29.4.